The van der Waals surface area contributed by atoms with Gasteiger partial charge < -0.3 is 19.4 Å². The average molecular weight is 444 g/mol. The lowest BCUT2D eigenvalue weighted by Crippen LogP contribution is -2.49. The monoisotopic (exact) mass is 444 g/mol. The van der Waals surface area contributed by atoms with E-state index >= 15 is 0 Å². The van der Waals surface area contributed by atoms with Gasteiger partial charge in [0.1, 0.15) is 11.5 Å². The van der Waals surface area contributed by atoms with Crippen molar-refractivity contribution in [2.45, 2.75) is 0 Å². The number of carbonyl (C=O) groups is 1. The molecule has 0 saturated carbocycles. The van der Waals surface area contributed by atoms with Crippen molar-refractivity contribution in [3.8, 4) is 0 Å². The maximum absolute atomic E-state index is 14.1. The van der Waals surface area contributed by atoms with Crippen LogP contribution in [0.3, 0.4) is 0 Å². The minimum absolute atomic E-state index is 0.199. The maximum Gasteiger partial charge on any atom is 0.274 e. The molecule has 5 rings (SSSR count). The van der Waals surface area contributed by atoms with Crippen LogP contribution in [0.5, 0.6) is 0 Å². The first-order chi connectivity index (χ1) is 15.1. The summed E-state index contributed by atoms with van der Waals surface area (Å²) in [4.78, 5) is 35.5. The molecule has 0 unspecified atom stereocenters. The predicted molar refractivity (Wildman–Crippen MR) is 115 cm³/mol. The van der Waals surface area contributed by atoms with Gasteiger partial charge in [-0.05, 0) is 12.1 Å². The Morgan fingerprint density at radius 1 is 1.03 bits per heavy atom. The Balaban J connectivity index is 1.38. The van der Waals surface area contributed by atoms with Gasteiger partial charge in [-0.3, -0.25) is 9.59 Å². The zero-order chi connectivity index (χ0) is 21.4. The number of piperazine rings is 1. The Kier molecular flexibility index (Phi) is 5.28. The molecule has 3 aromatic rings. The number of ether oxygens (including phenoxy) is 1. The average Bonchev–Trinajstić information content (AvgIpc) is 3.23. The summed E-state index contributed by atoms with van der Waals surface area (Å²) in [7, 11) is 0. The van der Waals surface area contributed by atoms with Crippen LogP contribution in [-0.2, 0) is 4.74 Å². The smallest absolute Gasteiger partial charge is 0.274 e. The molecule has 0 N–H and O–H groups in total. The Labute approximate surface area is 181 Å². The fourth-order valence-corrected chi connectivity index (χ4v) is 4.82. The second kappa shape index (κ2) is 8.23. The molecule has 2 aliphatic rings. The predicted octanol–water partition coefficient (Wildman–Crippen LogP) is 1.09. The van der Waals surface area contributed by atoms with Crippen LogP contribution in [0.15, 0.2) is 35.1 Å². The van der Waals surface area contributed by atoms with Crippen molar-refractivity contribution in [1.29, 1.82) is 0 Å². The summed E-state index contributed by atoms with van der Waals surface area (Å²) in [5, 5.41) is 5.27. The number of nitrogens with zero attached hydrogens (tertiary/aromatic N) is 6. The first kappa shape index (κ1) is 19.9. The zero-order valence-electron chi connectivity index (χ0n) is 16.7. The lowest BCUT2D eigenvalue weighted by molar-refractivity contribution is 0.0737. The number of hydrogen-bond acceptors (Lipinski definition) is 8. The quantitative estimate of drug-likeness (QED) is 0.598. The second-order valence-corrected chi connectivity index (χ2v) is 8.32. The topological polar surface area (TPSA) is 83.3 Å². The highest BCUT2D eigenvalue weighted by Gasteiger charge is 2.27. The number of anilines is 2. The van der Waals surface area contributed by atoms with Crippen LogP contribution in [0.25, 0.3) is 4.96 Å². The molecule has 0 radical (unpaired) electrons. The van der Waals surface area contributed by atoms with Crippen LogP contribution < -0.4 is 15.4 Å². The molecule has 9 nitrogen and oxygen atoms in total. The second-order valence-electron chi connectivity index (χ2n) is 7.39. The van der Waals surface area contributed by atoms with E-state index in [4.69, 9.17) is 4.74 Å². The molecule has 0 aliphatic carbocycles. The van der Waals surface area contributed by atoms with E-state index in [1.54, 1.807) is 23.1 Å². The summed E-state index contributed by atoms with van der Waals surface area (Å²) in [6, 6.07) is 7.86. The zero-order valence-corrected chi connectivity index (χ0v) is 17.6. The third-order valence-corrected chi connectivity index (χ3v) is 6.47. The van der Waals surface area contributed by atoms with Crippen LogP contribution in [0.4, 0.5) is 15.2 Å². The van der Waals surface area contributed by atoms with Gasteiger partial charge in [-0.1, -0.05) is 23.5 Å². The number of morpholine rings is 1. The van der Waals surface area contributed by atoms with Crippen LogP contribution in [0.2, 0.25) is 0 Å². The highest BCUT2D eigenvalue weighted by atomic mass is 32.1. The van der Waals surface area contributed by atoms with E-state index in [-0.39, 0.29) is 17.4 Å². The summed E-state index contributed by atoms with van der Waals surface area (Å²) < 4.78 is 20.9. The Hall–Kier alpha value is -3.05. The van der Waals surface area contributed by atoms with E-state index in [2.05, 4.69) is 15.0 Å². The number of carbonyl (C=O) groups excluding carboxylic acids is 1. The van der Waals surface area contributed by atoms with Crippen molar-refractivity contribution in [3.05, 3.63) is 52.2 Å². The van der Waals surface area contributed by atoms with Crippen molar-refractivity contribution in [1.82, 2.24) is 19.5 Å². The summed E-state index contributed by atoms with van der Waals surface area (Å²) in [6.45, 7) is 4.48. The van der Waals surface area contributed by atoms with Gasteiger partial charge in [0.05, 0.1) is 18.9 Å². The number of halogens is 1. The van der Waals surface area contributed by atoms with Gasteiger partial charge in [-0.2, -0.15) is 9.50 Å². The summed E-state index contributed by atoms with van der Waals surface area (Å²) in [5.41, 5.74) is 0.266. The normalized spacial score (nSPS) is 17.4. The minimum atomic E-state index is -0.467. The largest absolute Gasteiger partial charge is 0.378 e. The summed E-state index contributed by atoms with van der Waals surface area (Å²) in [5.74, 6) is -0.552. The lowest BCUT2D eigenvalue weighted by Gasteiger charge is -2.36. The number of hydrogen-bond donors (Lipinski definition) is 0. The molecule has 1 aromatic carbocycles. The maximum atomic E-state index is 14.1. The highest BCUT2D eigenvalue weighted by Crippen LogP contribution is 2.24. The molecule has 1 amide bonds. The first-order valence-electron chi connectivity index (χ1n) is 10.1. The molecule has 0 atom stereocenters. The number of amides is 1. The fourth-order valence-electron chi connectivity index (χ4n) is 3.86. The van der Waals surface area contributed by atoms with Gasteiger partial charge in [0.2, 0.25) is 10.1 Å². The van der Waals surface area contributed by atoms with Crippen LogP contribution in [0.1, 0.15) is 10.5 Å². The van der Waals surface area contributed by atoms with Crippen molar-refractivity contribution in [2.24, 2.45) is 0 Å². The highest BCUT2D eigenvalue weighted by molar-refractivity contribution is 7.20. The number of aromatic nitrogens is 3. The minimum Gasteiger partial charge on any atom is -0.378 e. The van der Waals surface area contributed by atoms with Gasteiger partial charge in [-0.15, -0.1) is 5.10 Å². The van der Waals surface area contributed by atoms with Gasteiger partial charge in [0.15, 0.2) is 0 Å². The third kappa shape index (κ3) is 3.86. The van der Waals surface area contributed by atoms with Crippen LogP contribution in [-0.4, -0.2) is 77.9 Å². The van der Waals surface area contributed by atoms with Crippen LogP contribution in [0, 0.1) is 5.82 Å². The number of rotatable bonds is 3. The first-order valence-corrected chi connectivity index (χ1v) is 10.9. The Morgan fingerprint density at radius 3 is 2.52 bits per heavy atom. The van der Waals surface area contributed by atoms with Crippen molar-refractivity contribution >= 4 is 33.0 Å². The molecule has 2 fully saturated rings. The SMILES string of the molecule is O=C(c1cc(=O)nc2sc(N3CCOCC3)nn12)N1CCN(c2ccccc2F)CC1. The third-order valence-electron chi connectivity index (χ3n) is 5.50. The van der Waals surface area contributed by atoms with E-state index in [1.165, 1.54) is 28.0 Å². The van der Waals surface area contributed by atoms with Crippen molar-refractivity contribution in [3.63, 3.8) is 0 Å². The standard InChI is InChI=1S/C20H21FN6O3S/c21-14-3-1-2-4-15(14)24-5-7-25(8-6-24)18(29)16-13-17(28)22-19-27(16)23-20(31-19)26-9-11-30-12-10-26/h1-4,13H,5-12H2. The van der Waals surface area contributed by atoms with E-state index in [0.717, 1.165) is 0 Å². The Bertz CT molecular complexity index is 1170. The van der Waals surface area contributed by atoms with E-state index in [1.807, 2.05) is 4.90 Å². The van der Waals surface area contributed by atoms with Crippen molar-refractivity contribution < 1.29 is 13.9 Å². The van der Waals surface area contributed by atoms with Gasteiger partial charge >= 0.3 is 0 Å². The fraction of sp³-hybridized carbons (Fsp3) is 0.400. The van der Waals surface area contributed by atoms with Gasteiger partial charge in [-0.25, -0.2) is 4.39 Å². The number of benzene rings is 1. The van der Waals surface area contributed by atoms with E-state index in [9.17, 15) is 14.0 Å². The molecule has 2 saturated heterocycles. The molecule has 11 heteroatoms. The molecular formula is C20H21FN6O3S. The summed E-state index contributed by atoms with van der Waals surface area (Å²) in [6.07, 6.45) is 0. The molecular weight excluding hydrogens is 423 g/mol. The van der Waals surface area contributed by atoms with Crippen LogP contribution >= 0.6 is 11.3 Å². The summed E-state index contributed by atoms with van der Waals surface area (Å²) >= 11 is 1.29. The van der Waals surface area contributed by atoms with Gasteiger partial charge in [0.25, 0.3) is 11.5 Å². The molecule has 2 aliphatic heterocycles. The van der Waals surface area contributed by atoms with Crippen molar-refractivity contribution in [2.75, 3.05) is 62.3 Å². The molecule has 2 aromatic heterocycles. The van der Waals surface area contributed by atoms with E-state index in [0.29, 0.717) is 68.3 Å². The van der Waals surface area contributed by atoms with E-state index < -0.39 is 5.56 Å². The molecule has 0 bridgehead atoms. The molecule has 162 valence electrons. The molecule has 31 heavy (non-hydrogen) atoms. The number of fused-ring (bicyclic) bond motifs is 1. The van der Waals surface area contributed by atoms with Gasteiger partial charge in [0, 0.05) is 45.3 Å². The lowest BCUT2D eigenvalue weighted by atomic mass is 10.2. The number of para-hydroxylation sites is 1. The Morgan fingerprint density at radius 2 is 1.77 bits per heavy atom. The molecule has 4 heterocycles. The molecule has 0 spiro atoms.